The molecule has 1 fully saturated rings. The molecular weight excluding hydrogens is 607 g/mol. The quantitative estimate of drug-likeness (QED) is 0.101. The van der Waals surface area contributed by atoms with Gasteiger partial charge in [-0.3, -0.25) is 14.4 Å². The lowest BCUT2D eigenvalue weighted by molar-refractivity contribution is -0.138. The number of hydrogen-bond donors (Lipinski definition) is 5. The highest BCUT2D eigenvalue weighted by atomic mass is 32.2. The molecule has 1 saturated heterocycles. The molecule has 0 radical (unpaired) electrons. The number of carbonyl (C=O) groups excluding carboxylic acids is 2. The molecule has 3 aromatic rings. The molecule has 0 spiro atoms. The van der Waals surface area contributed by atoms with Crippen LogP contribution < -0.4 is 16.4 Å². The van der Waals surface area contributed by atoms with Crippen molar-refractivity contribution < 1.29 is 33.1 Å². The van der Waals surface area contributed by atoms with Gasteiger partial charge in [-0.05, 0) is 36.6 Å². The first-order valence-corrected chi connectivity index (χ1v) is 16.1. The Balaban J connectivity index is 1.40. The fourth-order valence-electron chi connectivity index (χ4n) is 4.96. The Morgan fingerprint density at radius 1 is 1.24 bits per heavy atom. The highest BCUT2D eigenvalue weighted by Gasteiger charge is 2.39. The monoisotopic (exact) mass is 635 g/mol. The number of thiophene rings is 1. The SMILES string of the molecule is CC1Cc2nc(C(=O)N3CCN(S(=O)(=O)c4cc5cc(/C(N)=N/O)ccc5s4)CC3CC(=O)NCC(=O)O)sc2CN1. The van der Waals surface area contributed by atoms with Gasteiger partial charge in [-0.15, -0.1) is 22.7 Å². The second kappa shape index (κ2) is 11.9. The molecule has 224 valence electrons. The van der Waals surface area contributed by atoms with Gasteiger partial charge in [0.2, 0.25) is 5.91 Å². The number of carboxylic acid groups (broad SMARTS) is 1. The topological polar surface area (TPSA) is 208 Å². The van der Waals surface area contributed by atoms with Crippen molar-refractivity contribution in [1.29, 1.82) is 0 Å². The number of oxime groups is 1. The number of rotatable bonds is 8. The Labute approximate surface area is 248 Å². The molecule has 14 nitrogen and oxygen atoms in total. The molecule has 2 aromatic heterocycles. The molecule has 1 aromatic carbocycles. The van der Waals surface area contributed by atoms with Crippen molar-refractivity contribution in [3.63, 3.8) is 0 Å². The van der Waals surface area contributed by atoms with Crippen LogP contribution in [-0.2, 0) is 32.6 Å². The summed E-state index contributed by atoms with van der Waals surface area (Å²) in [4.78, 5) is 44.2. The van der Waals surface area contributed by atoms with Crippen molar-refractivity contribution in [3.8, 4) is 0 Å². The molecule has 2 aliphatic heterocycles. The minimum Gasteiger partial charge on any atom is -0.480 e. The Hall–Kier alpha value is -3.64. The molecule has 0 saturated carbocycles. The number of nitrogens with one attached hydrogen (secondary N) is 2. The maximum Gasteiger partial charge on any atom is 0.322 e. The Bertz CT molecular complexity index is 1680. The number of fused-ring (bicyclic) bond motifs is 2. The van der Waals surface area contributed by atoms with E-state index in [4.69, 9.17) is 16.0 Å². The second-order valence-corrected chi connectivity index (χ2v) is 14.4. The summed E-state index contributed by atoms with van der Waals surface area (Å²) in [5, 5.41) is 27.4. The predicted octanol–water partition coefficient (Wildman–Crippen LogP) is 0.593. The van der Waals surface area contributed by atoms with Gasteiger partial charge in [0.1, 0.15) is 10.8 Å². The third-order valence-corrected chi connectivity index (χ3v) is 11.6. The summed E-state index contributed by atoms with van der Waals surface area (Å²) in [5.41, 5.74) is 6.96. The summed E-state index contributed by atoms with van der Waals surface area (Å²) < 4.78 is 29.5. The minimum absolute atomic E-state index is 0.00535. The molecule has 2 unspecified atom stereocenters. The number of amides is 2. The smallest absolute Gasteiger partial charge is 0.322 e. The highest BCUT2D eigenvalue weighted by Crippen LogP contribution is 2.33. The molecule has 2 amide bonds. The summed E-state index contributed by atoms with van der Waals surface area (Å²) >= 11 is 2.34. The number of hydrogen-bond acceptors (Lipinski definition) is 11. The zero-order valence-electron chi connectivity index (χ0n) is 22.4. The van der Waals surface area contributed by atoms with Crippen LogP contribution in [0, 0.1) is 0 Å². The normalized spacial score (nSPS) is 19.9. The molecule has 6 N–H and O–H groups in total. The van der Waals surface area contributed by atoms with Crippen LogP contribution in [0.5, 0.6) is 0 Å². The highest BCUT2D eigenvalue weighted by molar-refractivity contribution is 7.91. The summed E-state index contributed by atoms with van der Waals surface area (Å²) in [7, 11) is -4.02. The number of benzene rings is 1. The zero-order valence-corrected chi connectivity index (χ0v) is 24.9. The Morgan fingerprint density at radius 3 is 2.76 bits per heavy atom. The summed E-state index contributed by atoms with van der Waals surface area (Å²) in [6.07, 6.45) is 0.395. The van der Waals surface area contributed by atoms with Gasteiger partial charge in [-0.25, -0.2) is 13.4 Å². The van der Waals surface area contributed by atoms with Gasteiger partial charge in [-0.2, -0.15) is 4.31 Å². The molecule has 2 atom stereocenters. The van der Waals surface area contributed by atoms with Gasteiger partial charge in [0.05, 0.1) is 11.7 Å². The molecule has 4 heterocycles. The molecule has 5 rings (SSSR count). The molecule has 2 aliphatic rings. The molecule has 0 bridgehead atoms. The Morgan fingerprint density at radius 2 is 2.02 bits per heavy atom. The third-order valence-electron chi connectivity index (χ3n) is 7.13. The number of aromatic nitrogens is 1. The third kappa shape index (κ3) is 6.10. The number of nitrogens with zero attached hydrogens (tertiary/aromatic N) is 4. The van der Waals surface area contributed by atoms with Crippen molar-refractivity contribution >= 4 is 66.4 Å². The number of carbonyl (C=O) groups is 3. The standard InChI is InChI=1S/C25H29N7O7S3/c1-13-6-17-19(10-27-13)41-24(29-17)25(36)32-5-4-31(12-16(32)9-20(33)28-11-21(34)35)42(38,39)22-8-15-7-14(23(26)30-37)2-3-18(15)40-22/h2-3,7-8,13,16,27,37H,4-6,9-12H2,1H3,(H2,26,30)(H,28,33)(H,34,35). The van der Waals surface area contributed by atoms with Crippen LogP contribution in [0.1, 0.15) is 39.3 Å². The van der Waals surface area contributed by atoms with Crippen molar-refractivity contribution in [3.05, 3.63) is 45.4 Å². The maximum absolute atomic E-state index is 13.7. The average molecular weight is 636 g/mol. The van der Waals surface area contributed by atoms with Crippen LogP contribution in [0.4, 0.5) is 0 Å². The van der Waals surface area contributed by atoms with E-state index in [2.05, 4.69) is 20.8 Å². The van der Waals surface area contributed by atoms with E-state index in [1.807, 2.05) is 6.92 Å². The first-order valence-electron chi connectivity index (χ1n) is 13.0. The number of thiazole rings is 1. The average Bonchev–Trinajstić information content (AvgIpc) is 3.59. The Kier molecular flexibility index (Phi) is 8.47. The molecule has 0 aliphatic carbocycles. The lowest BCUT2D eigenvalue weighted by atomic mass is 10.1. The second-order valence-electron chi connectivity index (χ2n) is 10.1. The summed E-state index contributed by atoms with van der Waals surface area (Å²) in [6.45, 7) is 1.89. The van der Waals surface area contributed by atoms with Crippen LogP contribution in [0.3, 0.4) is 0 Å². The van der Waals surface area contributed by atoms with E-state index in [1.165, 1.54) is 26.6 Å². The van der Waals surface area contributed by atoms with E-state index in [0.717, 1.165) is 21.9 Å². The first-order chi connectivity index (χ1) is 20.0. The van der Waals surface area contributed by atoms with Crippen molar-refractivity contribution in [2.24, 2.45) is 10.9 Å². The molecule has 17 heteroatoms. The van der Waals surface area contributed by atoms with Gasteiger partial charge in [-0.1, -0.05) is 5.16 Å². The number of piperazine rings is 1. The van der Waals surface area contributed by atoms with Gasteiger partial charge < -0.3 is 31.6 Å². The number of carboxylic acids is 1. The number of sulfonamides is 1. The van der Waals surface area contributed by atoms with Crippen molar-refractivity contribution in [1.82, 2.24) is 24.8 Å². The summed E-state index contributed by atoms with van der Waals surface area (Å²) in [6, 6.07) is 5.80. The van der Waals surface area contributed by atoms with E-state index in [0.29, 0.717) is 28.6 Å². The van der Waals surface area contributed by atoms with Crippen LogP contribution in [0.25, 0.3) is 10.1 Å². The fraction of sp³-hybridized carbons (Fsp3) is 0.400. The minimum atomic E-state index is -4.02. The van der Waals surface area contributed by atoms with Crippen LogP contribution in [0.2, 0.25) is 0 Å². The number of nitrogens with two attached hydrogens (primary N) is 1. The van der Waals surface area contributed by atoms with Crippen LogP contribution in [0.15, 0.2) is 33.6 Å². The van der Waals surface area contributed by atoms with Gasteiger partial charge >= 0.3 is 5.97 Å². The van der Waals surface area contributed by atoms with E-state index in [-0.39, 0.29) is 47.1 Å². The van der Waals surface area contributed by atoms with Gasteiger partial charge in [0.25, 0.3) is 15.9 Å². The fourth-order valence-corrected chi connectivity index (χ4v) is 8.96. The lowest BCUT2D eigenvalue weighted by Crippen LogP contribution is -2.57. The first kappa shape index (κ1) is 29.8. The largest absolute Gasteiger partial charge is 0.480 e. The van der Waals surface area contributed by atoms with E-state index >= 15 is 0 Å². The number of amidine groups is 1. The zero-order chi connectivity index (χ0) is 30.2. The van der Waals surface area contributed by atoms with Gasteiger partial charge in [0, 0.05) is 60.2 Å². The molecule has 42 heavy (non-hydrogen) atoms. The van der Waals surface area contributed by atoms with E-state index in [1.54, 1.807) is 18.2 Å². The predicted molar refractivity (Wildman–Crippen MR) is 155 cm³/mol. The van der Waals surface area contributed by atoms with Gasteiger partial charge in [0.15, 0.2) is 10.8 Å². The van der Waals surface area contributed by atoms with Crippen LogP contribution >= 0.6 is 22.7 Å². The van der Waals surface area contributed by atoms with E-state index < -0.39 is 40.4 Å². The maximum atomic E-state index is 13.7. The lowest BCUT2D eigenvalue weighted by Gasteiger charge is -2.40. The number of aliphatic carboxylic acids is 1. The van der Waals surface area contributed by atoms with E-state index in [9.17, 15) is 22.8 Å². The molecular formula is C25H29N7O7S3. The van der Waals surface area contributed by atoms with Crippen LogP contribution in [-0.4, -0.2) is 94.8 Å². The van der Waals surface area contributed by atoms with Crippen molar-refractivity contribution in [2.75, 3.05) is 26.2 Å². The van der Waals surface area contributed by atoms with Crippen molar-refractivity contribution in [2.45, 2.75) is 42.6 Å². The summed E-state index contributed by atoms with van der Waals surface area (Å²) in [5.74, 6) is -2.34.